The molecule has 0 saturated heterocycles. The Morgan fingerprint density at radius 2 is 1.84 bits per heavy atom. The van der Waals surface area contributed by atoms with E-state index in [1.54, 1.807) is 31.4 Å². The molecule has 5 heteroatoms. The average molecular weight is 339 g/mol. The molecule has 1 heterocycles. The number of hydrogen-bond acceptors (Lipinski definition) is 4. The first-order valence-electron chi connectivity index (χ1n) is 8.62. The fourth-order valence-corrected chi connectivity index (χ4v) is 3.47. The second kappa shape index (κ2) is 6.67. The lowest BCUT2D eigenvalue weighted by atomic mass is 9.87. The molecule has 1 atom stereocenters. The first-order valence-corrected chi connectivity index (χ1v) is 8.62. The van der Waals surface area contributed by atoms with Crippen molar-refractivity contribution in [3.63, 3.8) is 0 Å². The molecule has 0 saturated carbocycles. The molecule has 0 spiro atoms. The minimum absolute atomic E-state index is 0.00539. The van der Waals surface area contributed by atoms with Gasteiger partial charge in [0.2, 0.25) is 0 Å². The summed E-state index contributed by atoms with van der Waals surface area (Å²) >= 11 is 0. The summed E-state index contributed by atoms with van der Waals surface area (Å²) < 4.78 is 16.5. The van der Waals surface area contributed by atoms with E-state index >= 15 is 0 Å². The van der Waals surface area contributed by atoms with Gasteiger partial charge in [0, 0.05) is 5.56 Å². The Hall–Kier alpha value is -2.69. The van der Waals surface area contributed by atoms with Gasteiger partial charge in [0.05, 0.1) is 13.2 Å². The zero-order valence-corrected chi connectivity index (χ0v) is 14.2. The standard InChI is InChI=1S/C20H21NO4/c1-23-15-7-5-13(6-8-15)20(22)21-17-4-2-3-14-11-18-19(12-16(14)17)25-10-9-24-18/h5-8,11-12,17H,2-4,9-10H2,1H3,(H,21,22). The minimum Gasteiger partial charge on any atom is -0.497 e. The number of benzene rings is 2. The third-order valence-corrected chi connectivity index (χ3v) is 4.78. The molecule has 2 aliphatic rings. The van der Waals surface area contributed by atoms with Crippen molar-refractivity contribution in [2.75, 3.05) is 20.3 Å². The maximum absolute atomic E-state index is 12.6. The number of amides is 1. The predicted octanol–water partition coefficient (Wildman–Crippen LogP) is 3.27. The van der Waals surface area contributed by atoms with Gasteiger partial charge in [-0.05, 0) is 66.8 Å². The summed E-state index contributed by atoms with van der Waals surface area (Å²) in [6.45, 7) is 1.15. The Balaban J connectivity index is 1.56. The van der Waals surface area contributed by atoms with Crippen molar-refractivity contribution in [2.45, 2.75) is 25.3 Å². The molecule has 1 aliphatic heterocycles. The molecular formula is C20H21NO4. The number of carbonyl (C=O) groups is 1. The van der Waals surface area contributed by atoms with Gasteiger partial charge in [0.25, 0.3) is 5.91 Å². The Morgan fingerprint density at radius 3 is 2.56 bits per heavy atom. The summed E-state index contributed by atoms with van der Waals surface area (Å²) in [7, 11) is 1.61. The van der Waals surface area contributed by atoms with Crippen LogP contribution < -0.4 is 19.5 Å². The van der Waals surface area contributed by atoms with E-state index in [2.05, 4.69) is 11.4 Å². The van der Waals surface area contributed by atoms with E-state index in [0.29, 0.717) is 18.8 Å². The third kappa shape index (κ3) is 3.14. The van der Waals surface area contributed by atoms with Crippen LogP contribution in [0.2, 0.25) is 0 Å². The van der Waals surface area contributed by atoms with Gasteiger partial charge in [-0.25, -0.2) is 0 Å². The molecule has 0 radical (unpaired) electrons. The lowest BCUT2D eigenvalue weighted by Crippen LogP contribution is -2.31. The normalized spacial score (nSPS) is 18.2. The van der Waals surface area contributed by atoms with Gasteiger partial charge in [-0.1, -0.05) is 0 Å². The van der Waals surface area contributed by atoms with Crippen LogP contribution in [0.5, 0.6) is 17.2 Å². The maximum atomic E-state index is 12.6. The van der Waals surface area contributed by atoms with Crippen molar-refractivity contribution in [3.05, 3.63) is 53.1 Å². The van der Waals surface area contributed by atoms with Gasteiger partial charge in [-0.15, -0.1) is 0 Å². The van der Waals surface area contributed by atoms with E-state index in [1.165, 1.54) is 5.56 Å². The maximum Gasteiger partial charge on any atom is 0.251 e. The lowest BCUT2D eigenvalue weighted by molar-refractivity contribution is 0.0932. The van der Waals surface area contributed by atoms with Crippen molar-refractivity contribution < 1.29 is 19.0 Å². The Labute approximate surface area is 146 Å². The topological polar surface area (TPSA) is 56.8 Å². The third-order valence-electron chi connectivity index (χ3n) is 4.78. The van der Waals surface area contributed by atoms with Crippen LogP contribution in [0.1, 0.15) is 40.4 Å². The second-order valence-corrected chi connectivity index (χ2v) is 6.34. The highest BCUT2D eigenvalue weighted by molar-refractivity contribution is 5.94. The predicted molar refractivity (Wildman–Crippen MR) is 93.6 cm³/mol. The zero-order chi connectivity index (χ0) is 17.2. The summed E-state index contributed by atoms with van der Waals surface area (Å²) in [5.41, 5.74) is 3.00. The molecule has 1 aliphatic carbocycles. The monoisotopic (exact) mass is 339 g/mol. The number of hydrogen-bond donors (Lipinski definition) is 1. The van der Waals surface area contributed by atoms with E-state index in [1.807, 2.05) is 6.07 Å². The van der Waals surface area contributed by atoms with Crippen LogP contribution in [-0.2, 0) is 6.42 Å². The van der Waals surface area contributed by atoms with Crippen molar-refractivity contribution in [1.29, 1.82) is 0 Å². The van der Waals surface area contributed by atoms with Crippen molar-refractivity contribution in [3.8, 4) is 17.2 Å². The molecule has 0 bridgehead atoms. The summed E-state index contributed by atoms with van der Waals surface area (Å²) in [5, 5.41) is 3.16. The van der Waals surface area contributed by atoms with Crippen molar-refractivity contribution in [2.24, 2.45) is 0 Å². The van der Waals surface area contributed by atoms with E-state index in [4.69, 9.17) is 14.2 Å². The van der Waals surface area contributed by atoms with E-state index in [0.717, 1.165) is 42.1 Å². The molecule has 25 heavy (non-hydrogen) atoms. The molecule has 2 aromatic rings. The van der Waals surface area contributed by atoms with Gasteiger partial charge in [-0.2, -0.15) is 0 Å². The van der Waals surface area contributed by atoms with Crippen LogP contribution in [0.3, 0.4) is 0 Å². The van der Waals surface area contributed by atoms with Gasteiger partial charge in [-0.3, -0.25) is 4.79 Å². The SMILES string of the molecule is COc1ccc(C(=O)NC2CCCc3cc4c(cc32)OCCO4)cc1. The van der Waals surface area contributed by atoms with Crippen LogP contribution >= 0.6 is 0 Å². The molecule has 5 nitrogen and oxygen atoms in total. The number of rotatable bonds is 3. The molecule has 4 rings (SSSR count). The van der Waals surface area contributed by atoms with Gasteiger partial charge < -0.3 is 19.5 Å². The van der Waals surface area contributed by atoms with Crippen molar-refractivity contribution in [1.82, 2.24) is 5.32 Å². The van der Waals surface area contributed by atoms with Gasteiger partial charge in [0.1, 0.15) is 19.0 Å². The Morgan fingerprint density at radius 1 is 1.12 bits per heavy atom. The number of fused-ring (bicyclic) bond motifs is 2. The van der Waals surface area contributed by atoms with Gasteiger partial charge >= 0.3 is 0 Å². The number of ether oxygens (including phenoxy) is 3. The molecule has 0 aromatic heterocycles. The van der Waals surface area contributed by atoms with Crippen LogP contribution in [0, 0.1) is 0 Å². The van der Waals surface area contributed by atoms with Crippen LogP contribution in [-0.4, -0.2) is 26.2 Å². The van der Waals surface area contributed by atoms with Crippen LogP contribution in [0.25, 0.3) is 0 Å². The quantitative estimate of drug-likeness (QED) is 0.932. The van der Waals surface area contributed by atoms with Crippen LogP contribution in [0.4, 0.5) is 0 Å². The molecule has 1 amide bonds. The highest BCUT2D eigenvalue weighted by Crippen LogP contribution is 2.39. The smallest absolute Gasteiger partial charge is 0.251 e. The van der Waals surface area contributed by atoms with Crippen molar-refractivity contribution >= 4 is 5.91 Å². The highest BCUT2D eigenvalue weighted by atomic mass is 16.6. The summed E-state index contributed by atoms with van der Waals surface area (Å²) in [6.07, 6.45) is 2.97. The van der Waals surface area contributed by atoms with E-state index in [-0.39, 0.29) is 11.9 Å². The molecule has 0 fully saturated rings. The number of nitrogens with one attached hydrogen (secondary N) is 1. The lowest BCUT2D eigenvalue weighted by Gasteiger charge is -2.29. The fraction of sp³-hybridized carbons (Fsp3) is 0.350. The van der Waals surface area contributed by atoms with Gasteiger partial charge in [0.15, 0.2) is 11.5 Å². The number of carbonyl (C=O) groups excluding carboxylic acids is 1. The summed E-state index contributed by atoms with van der Waals surface area (Å²) in [4.78, 5) is 12.6. The molecule has 1 unspecified atom stereocenters. The summed E-state index contributed by atoms with van der Waals surface area (Å²) in [5.74, 6) is 2.25. The zero-order valence-electron chi connectivity index (χ0n) is 14.2. The molecule has 130 valence electrons. The fourth-order valence-electron chi connectivity index (χ4n) is 3.47. The van der Waals surface area contributed by atoms with E-state index in [9.17, 15) is 4.79 Å². The van der Waals surface area contributed by atoms with E-state index < -0.39 is 0 Å². The first-order chi connectivity index (χ1) is 12.2. The summed E-state index contributed by atoms with van der Waals surface area (Å²) in [6, 6.07) is 11.2. The molecule has 1 N–H and O–H groups in total. The minimum atomic E-state index is -0.0737. The second-order valence-electron chi connectivity index (χ2n) is 6.34. The average Bonchev–Trinajstić information content (AvgIpc) is 2.67. The number of methoxy groups -OCH3 is 1. The van der Waals surface area contributed by atoms with Crippen LogP contribution in [0.15, 0.2) is 36.4 Å². The molecule has 2 aromatic carbocycles. The Kier molecular flexibility index (Phi) is 4.22. The molecular weight excluding hydrogens is 318 g/mol. The highest BCUT2D eigenvalue weighted by Gasteiger charge is 2.25. The largest absolute Gasteiger partial charge is 0.497 e. The first kappa shape index (κ1) is 15.8. The Bertz CT molecular complexity index is 785. The number of aryl methyl sites for hydroxylation is 1.